The van der Waals surface area contributed by atoms with Gasteiger partial charge in [0.15, 0.2) is 5.16 Å². The van der Waals surface area contributed by atoms with Crippen LogP contribution in [0.5, 0.6) is 0 Å². The zero-order valence-corrected chi connectivity index (χ0v) is 17.1. The van der Waals surface area contributed by atoms with Gasteiger partial charge in [-0.05, 0) is 36.8 Å². The summed E-state index contributed by atoms with van der Waals surface area (Å²) in [5.41, 5.74) is 1.55. The Morgan fingerprint density at radius 3 is 2.58 bits per heavy atom. The van der Waals surface area contributed by atoms with Crippen LogP contribution >= 0.6 is 39.3 Å². The first-order valence-electron chi connectivity index (χ1n) is 7.94. The number of nitrogens with one attached hydrogen (secondary N) is 1. The van der Waals surface area contributed by atoms with Crippen molar-refractivity contribution >= 4 is 50.8 Å². The molecule has 0 aliphatic rings. The highest BCUT2D eigenvalue weighted by Gasteiger charge is 2.13. The fourth-order valence-corrected chi connectivity index (χ4v) is 3.69. The molecule has 26 heavy (non-hydrogen) atoms. The Morgan fingerprint density at radius 2 is 1.88 bits per heavy atom. The van der Waals surface area contributed by atoms with E-state index in [-0.39, 0.29) is 11.4 Å². The highest BCUT2D eigenvalue weighted by atomic mass is 79.9. The molecule has 3 rings (SSSR count). The van der Waals surface area contributed by atoms with Gasteiger partial charge in [-0.3, -0.25) is 9.36 Å². The summed E-state index contributed by atoms with van der Waals surface area (Å²) in [6.07, 6.45) is 0. The maximum atomic E-state index is 12.7. The molecule has 0 aliphatic carbocycles. The number of para-hydroxylation sites is 1. The Labute approximate surface area is 168 Å². The monoisotopic (exact) mass is 450 g/mol. The molecule has 0 aliphatic heterocycles. The van der Waals surface area contributed by atoms with E-state index in [4.69, 9.17) is 11.6 Å². The number of thioether (sulfide) groups is 1. The number of rotatable bonds is 6. The molecule has 3 aromatic rings. The van der Waals surface area contributed by atoms with Crippen molar-refractivity contribution in [3.05, 3.63) is 73.9 Å². The Morgan fingerprint density at radius 1 is 1.15 bits per heavy atom. The molecule has 0 atom stereocenters. The Balaban J connectivity index is 1.82. The molecule has 0 radical (unpaired) electrons. The molecule has 8 heteroatoms. The summed E-state index contributed by atoms with van der Waals surface area (Å²) in [4.78, 5) is 12.7. The standard InChI is InChI=1S/C18H16BrClN4OS/c1-2-24-17(25)16(21-15-6-4-3-5-14(15)20)22-23-18(24)26-11-12-7-9-13(19)10-8-12/h3-10H,2,11H2,1H3,(H,21,22). The molecule has 0 fully saturated rings. The molecule has 0 saturated carbocycles. The number of aromatic nitrogens is 3. The second kappa shape index (κ2) is 8.70. The number of halogens is 2. The molecule has 1 N–H and O–H groups in total. The minimum Gasteiger partial charge on any atom is -0.333 e. The summed E-state index contributed by atoms with van der Waals surface area (Å²) < 4.78 is 2.64. The molecule has 0 bridgehead atoms. The molecule has 2 aromatic carbocycles. The molecule has 0 saturated heterocycles. The van der Waals surface area contributed by atoms with E-state index in [1.54, 1.807) is 16.7 Å². The first-order chi connectivity index (χ1) is 12.6. The summed E-state index contributed by atoms with van der Waals surface area (Å²) in [6, 6.07) is 15.2. The van der Waals surface area contributed by atoms with Gasteiger partial charge in [0.2, 0.25) is 5.82 Å². The third kappa shape index (κ3) is 4.47. The van der Waals surface area contributed by atoms with E-state index in [9.17, 15) is 4.79 Å². The summed E-state index contributed by atoms with van der Waals surface area (Å²) in [6.45, 7) is 2.42. The van der Waals surface area contributed by atoms with Crippen molar-refractivity contribution in [3.63, 3.8) is 0 Å². The minimum atomic E-state index is -0.222. The summed E-state index contributed by atoms with van der Waals surface area (Å²) in [5, 5.41) is 12.4. The van der Waals surface area contributed by atoms with Gasteiger partial charge in [-0.2, -0.15) is 0 Å². The third-order valence-corrected chi connectivity index (χ3v) is 5.53. The number of anilines is 2. The predicted molar refractivity (Wildman–Crippen MR) is 110 cm³/mol. The van der Waals surface area contributed by atoms with Crippen molar-refractivity contribution in [2.45, 2.75) is 24.4 Å². The molecule has 0 unspecified atom stereocenters. The number of hydrogen-bond donors (Lipinski definition) is 1. The van der Waals surface area contributed by atoms with Gasteiger partial charge < -0.3 is 5.32 Å². The first-order valence-corrected chi connectivity index (χ1v) is 10.1. The van der Waals surface area contributed by atoms with Gasteiger partial charge in [-0.15, -0.1) is 10.2 Å². The van der Waals surface area contributed by atoms with Crippen LogP contribution in [0.15, 0.2) is 63.0 Å². The highest BCUT2D eigenvalue weighted by Crippen LogP contribution is 2.24. The number of hydrogen-bond acceptors (Lipinski definition) is 5. The van der Waals surface area contributed by atoms with Crippen LogP contribution in [0.4, 0.5) is 11.5 Å². The third-order valence-electron chi connectivity index (χ3n) is 3.64. The fourth-order valence-electron chi connectivity index (χ4n) is 2.29. The number of nitrogens with zero attached hydrogens (tertiary/aromatic N) is 3. The second-order valence-corrected chi connectivity index (χ2v) is 7.67. The van der Waals surface area contributed by atoms with Crippen LogP contribution in [0.2, 0.25) is 5.02 Å². The van der Waals surface area contributed by atoms with Gasteiger partial charge in [0.1, 0.15) is 0 Å². The molecule has 0 spiro atoms. The fraction of sp³-hybridized carbons (Fsp3) is 0.167. The smallest absolute Gasteiger partial charge is 0.297 e. The summed E-state index contributed by atoms with van der Waals surface area (Å²) in [5.74, 6) is 0.867. The van der Waals surface area contributed by atoms with Crippen LogP contribution in [0.1, 0.15) is 12.5 Å². The Bertz CT molecular complexity index is 962. The maximum absolute atomic E-state index is 12.7. The van der Waals surface area contributed by atoms with Gasteiger partial charge in [-0.1, -0.05) is 63.6 Å². The van der Waals surface area contributed by atoms with Gasteiger partial charge in [0, 0.05) is 16.8 Å². The Kier molecular flexibility index (Phi) is 6.34. The lowest BCUT2D eigenvalue weighted by Crippen LogP contribution is -2.26. The van der Waals surface area contributed by atoms with E-state index in [1.165, 1.54) is 11.8 Å². The van der Waals surface area contributed by atoms with Crippen LogP contribution < -0.4 is 10.9 Å². The van der Waals surface area contributed by atoms with Crippen LogP contribution in [0, 0.1) is 0 Å². The van der Waals surface area contributed by atoms with Gasteiger partial charge in [0.05, 0.1) is 10.7 Å². The highest BCUT2D eigenvalue weighted by molar-refractivity contribution is 9.10. The molecule has 1 aromatic heterocycles. The average Bonchev–Trinajstić information content (AvgIpc) is 2.65. The van der Waals surface area contributed by atoms with E-state index >= 15 is 0 Å². The second-order valence-electron chi connectivity index (χ2n) is 5.40. The largest absolute Gasteiger partial charge is 0.333 e. The van der Waals surface area contributed by atoms with Crippen LogP contribution in [-0.2, 0) is 12.3 Å². The SMILES string of the molecule is CCn1c(SCc2ccc(Br)cc2)nnc(Nc2ccccc2Cl)c1=O. The number of benzene rings is 2. The van der Waals surface area contributed by atoms with Crippen molar-refractivity contribution in [2.75, 3.05) is 5.32 Å². The van der Waals surface area contributed by atoms with Crippen molar-refractivity contribution < 1.29 is 0 Å². The average molecular weight is 452 g/mol. The van der Waals surface area contributed by atoms with Crippen LogP contribution in [0.3, 0.4) is 0 Å². The van der Waals surface area contributed by atoms with Crippen molar-refractivity contribution in [1.29, 1.82) is 0 Å². The maximum Gasteiger partial charge on any atom is 0.297 e. The zero-order chi connectivity index (χ0) is 18.5. The van der Waals surface area contributed by atoms with Crippen molar-refractivity contribution in [3.8, 4) is 0 Å². The molecule has 1 heterocycles. The van der Waals surface area contributed by atoms with E-state index in [0.29, 0.717) is 28.2 Å². The normalized spacial score (nSPS) is 10.7. The molecule has 134 valence electrons. The predicted octanol–water partition coefficient (Wildman–Crippen LogP) is 5.11. The zero-order valence-electron chi connectivity index (χ0n) is 13.9. The topological polar surface area (TPSA) is 59.8 Å². The quantitative estimate of drug-likeness (QED) is 0.528. The first kappa shape index (κ1) is 18.9. The molecule has 5 nitrogen and oxygen atoms in total. The molecule has 0 amide bonds. The lowest BCUT2D eigenvalue weighted by molar-refractivity contribution is 0.597. The lowest BCUT2D eigenvalue weighted by Gasteiger charge is -2.12. The van der Waals surface area contributed by atoms with E-state index in [1.807, 2.05) is 43.3 Å². The van der Waals surface area contributed by atoms with E-state index in [2.05, 4.69) is 31.4 Å². The van der Waals surface area contributed by atoms with E-state index < -0.39 is 0 Å². The summed E-state index contributed by atoms with van der Waals surface area (Å²) in [7, 11) is 0. The van der Waals surface area contributed by atoms with E-state index in [0.717, 1.165) is 10.0 Å². The molecular formula is C18H16BrClN4OS. The Hall–Kier alpha value is -1.83. The van der Waals surface area contributed by atoms with Crippen molar-refractivity contribution in [2.24, 2.45) is 0 Å². The summed E-state index contributed by atoms with van der Waals surface area (Å²) >= 11 is 11.0. The lowest BCUT2D eigenvalue weighted by atomic mass is 10.2. The van der Waals surface area contributed by atoms with Gasteiger partial charge >= 0.3 is 0 Å². The minimum absolute atomic E-state index is 0.160. The van der Waals surface area contributed by atoms with Crippen LogP contribution in [0.25, 0.3) is 0 Å². The van der Waals surface area contributed by atoms with Gasteiger partial charge in [-0.25, -0.2) is 0 Å². The molecular weight excluding hydrogens is 436 g/mol. The van der Waals surface area contributed by atoms with Gasteiger partial charge in [0.25, 0.3) is 5.56 Å². The van der Waals surface area contributed by atoms with Crippen molar-refractivity contribution in [1.82, 2.24) is 14.8 Å². The van der Waals surface area contributed by atoms with Crippen LogP contribution in [-0.4, -0.2) is 14.8 Å².